The molecule has 7 heteroatoms. The SMILES string of the molecule is NC(=O)[C@@H]1Cc2ccccc2N1CC(=O)NC[C@H]1COc2ccccc2O1. The zero-order chi connectivity index (χ0) is 18.8. The van der Waals surface area contributed by atoms with Gasteiger partial charge >= 0.3 is 0 Å². The molecule has 7 nitrogen and oxygen atoms in total. The minimum absolute atomic E-state index is 0.0643. The van der Waals surface area contributed by atoms with E-state index in [1.807, 2.05) is 48.5 Å². The Morgan fingerprint density at radius 3 is 2.67 bits per heavy atom. The van der Waals surface area contributed by atoms with Gasteiger partial charge in [0.1, 0.15) is 18.8 Å². The normalized spacial score (nSPS) is 20.1. The van der Waals surface area contributed by atoms with E-state index in [-0.39, 0.29) is 18.6 Å². The van der Waals surface area contributed by atoms with Gasteiger partial charge in [-0.3, -0.25) is 9.59 Å². The number of carbonyl (C=O) groups is 2. The van der Waals surface area contributed by atoms with Crippen LogP contribution in [0.1, 0.15) is 5.56 Å². The maximum absolute atomic E-state index is 12.5. The third-order valence-electron chi connectivity index (χ3n) is 4.83. The molecule has 2 heterocycles. The van der Waals surface area contributed by atoms with Crippen LogP contribution in [0.2, 0.25) is 0 Å². The lowest BCUT2D eigenvalue weighted by atomic mass is 10.1. The number of ether oxygens (including phenoxy) is 2. The molecular weight excluding hydrogens is 346 g/mol. The summed E-state index contributed by atoms with van der Waals surface area (Å²) in [6, 6.07) is 14.6. The highest BCUT2D eigenvalue weighted by Crippen LogP contribution is 2.32. The van der Waals surface area contributed by atoms with E-state index in [4.69, 9.17) is 15.2 Å². The van der Waals surface area contributed by atoms with E-state index in [0.717, 1.165) is 11.3 Å². The number of para-hydroxylation sites is 3. The van der Waals surface area contributed by atoms with E-state index in [9.17, 15) is 9.59 Å². The first kappa shape index (κ1) is 17.2. The smallest absolute Gasteiger partial charge is 0.240 e. The average Bonchev–Trinajstić information content (AvgIpc) is 3.05. The van der Waals surface area contributed by atoms with Crippen LogP contribution in [0, 0.1) is 0 Å². The second kappa shape index (κ2) is 7.19. The van der Waals surface area contributed by atoms with E-state index in [1.54, 1.807) is 4.90 Å². The Morgan fingerprint density at radius 2 is 1.85 bits per heavy atom. The van der Waals surface area contributed by atoms with Crippen LogP contribution in [0.5, 0.6) is 11.5 Å². The van der Waals surface area contributed by atoms with Gasteiger partial charge in [0.2, 0.25) is 11.8 Å². The van der Waals surface area contributed by atoms with Gasteiger partial charge in [0, 0.05) is 12.1 Å². The molecule has 2 atom stereocenters. The summed E-state index contributed by atoms with van der Waals surface area (Å²) in [5.41, 5.74) is 7.43. The summed E-state index contributed by atoms with van der Waals surface area (Å²) < 4.78 is 11.5. The summed E-state index contributed by atoms with van der Waals surface area (Å²) in [7, 11) is 0. The van der Waals surface area contributed by atoms with Gasteiger partial charge in [-0.15, -0.1) is 0 Å². The van der Waals surface area contributed by atoms with Gasteiger partial charge in [0.25, 0.3) is 0 Å². The van der Waals surface area contributed by atoms with E-state index in [0.29, 0.717) is 31.1 Å². The molecule has 2 aromatic carbocycles. The number of hydrogen-bond acceptors (Lipinski definition) is 5. The van der Waals surface area contributed by atoms with E-state index >= 15 is 0 Å². The van der Waals surface area contributed by atoms with Crippen molar-refractivity contribution in [2.45, 2.75) is 18.6 Å². The van der Waals surface area contributed by atoms with E-state index < -0.39 is 11.9 Å². The van der Waals surface area contributed by atoms with Crippen molar-refractivity contribution in [2.75, 3.05) is 24.6 Å². The fourth-order valence-corrected chi connectivity index (χ4v) is 3.50. The summed E-state index contributed by atoms with van der Waals surface area (Å²) in [4.78, 5) is 26.0. The quantitative estimate of drug-likeness (QED) is 0.818. The number of primary amides is 1. The van der Waals surface area contributed by atoms with Crippen LogP contribution >= 0.6 is 0 Å². The molecule has 3 N–H and O–H groups in total. The maximum atomic E-state index is 12.5. The Labute approximate surface area is 157 Å². The summed E-state index contributed by atoms with van der Waals surface area (Å²) in [6.45, 7) is 0.756. The predicted octanol–water partition coefficient (Wildman–Crippen LogP) is 0.859. The number of anilines is 1. The molecule has 0 bridgehead atoms. The highest BCUT2D eigenvalue weighted by atomic mass is 16.6. The van der Waals surface area contributed by atoms with Crippen molar-refractivity contribution in [1.29, 1.82) is 0 Å². The summed E-state index contributed by atoms with van der Waals surface area (Å²) in [6.07, 6.45) is 0.261. The molecule has 0 radical (unpaired) electrons. The molecule has 4 rings (SSSR count). The molecule has 0 saturated carbocycles. The lowest BCUT2D eigenvalue weighted by Crippen LogP contribution is -2.49. The van der Waals surface area contributed by atoms with Crippen LogP contribution < -0.4 is 25.4 Å². The van der Waals surface area contributed by atoms with Crippen LogP contribution in [-0.4, -0.2) is 43.7 Å². The molecule has 0 aromatic heterocycles. The standard InChI is InChI=1S/C20H21N3O4/c21-20(25)16-9-13-5-1-2-6-15(13)23(16)11-19(24)22-10-14-12-26-17-7-3-4-8-18(17)27-14/h1-8,14,16H,9-12H2,(H2,21,25)(H,22,24)/t14-,16-/m0/s1. The fraction of sp³-hybridized carbons (Fsp3) is 0.300. The van der Waals surface area contributed by atoms with Crippen LogP contribution in [0.15, 0.2) is 48.5 Å². The van der Waals surface area contributed by atoms with Crippen molar-refractivity contribution in [1.82, 2.24) is 5.32 Å². The van der Waals surface area contributed by atoms with Crippen molar-refractivity contribution in [3.63, 3.8) is 0 Å². The highest BCUT2D eigenvalue weighted by Gasteiger charge is 2.34. The zero-order valence-corrected chi connectivity index (χ0v) is 14.8. The number of rotatable bonds is 5. The molecule has 0 fully saturated rings. The number of nitrogens with two attached hydrogens (primary N) is 1. The monoisotopic (exact) mass is 367 g/mol. The molecule has 0 aliphatic carbocycles. The molecule has 0 spiro atoms. The predicted molar refractivity (Wildman–Crippen MR) is 99.8 cm³/mol. The Kier molecular flexibility index (Phi) is 4.58. The molecule has 0 saturated heterocycles. The highest BCUT2D eigenvalue weighted by molar-refractivity contribution is 5.90. The molecule has 2 amide bonds. The molecule has 0 unspecified atom stereocenters. The van der Waals surface area contributed by atoms with Crippen molar-refractivity contribution in [3.05, 3.63) is 54.1 Å². The molecule has 2 aliphatic heterocycles. The second-order valence-corrected chi connectivity index (χ2v) is 6.68. The lowest BCUT2D eigenvalue weighted by Gasteiger charge is -2.28. The number of carbonyl (C=O) groups excluding carboxylic acids is 2. The summed E-state index contributed by atoms with van der Waals surface area (Å²) in [5.74, 6) is 0.753. The van der Waals surface area contributed by atoms with Gasteiger partial charge < -0.3 is 25.4 Å². The van der Waals surface area contributed by atoms with E-state index in [1.165, 1.54) is 0 Å². The van der Waals surface area contributed by atoms with Gasteiger partial charge in [0.05, 0.1) is 13.1 Å². The van der Waals surface area contributed by atoms with Gasteiger partial charge in [0.15, 0.2) is 11.5 Å². The molecular formula is C20H21N3O4. The van der Waals surface area contributed by atoms with Crippen LogP contribution in [0.4, 0.5) is 5.69 Å². The van der Waals surface area contributed by atoms with Crippen LogP contribution in [0.25, 0.3) is 0 Å². The minimum atomic E-state index is -0.505. The maximum Gasteiger partial charge on any atom is 0.240 e. The molecule has 140 valence electrons. The van der Waals surface area contributed by atoms with Gasteiger partial charge in [-0.05, 0) is 23.8 Å². The van der Waals surface area contributed by atoms with Gasteiger partial charge in [-0.25, -0.2) is 0 Å². The Morgan fingerprint density at radius 1 is 1.11 bits per heavy atom. The number of fused-ring (bicyclic) bond motifs is 2. The number of hydrogen-bond donors (Lipinski definition) is 2. The van der Waals surface area contributed by atoms with Crippen molar-refractivity contribution in [2.24, 2.45) is 5.73 Å². The fourth-order valence-electron chi connectivity index (χ4n) is 3.50. The first-order chi connectivity index (χ1) is 13.1. The topological polar surface area (TPSA) is 93.9 Å². The summed E-state index contributed by atoms with van der Waals surface area (Å²) >= 11 is 0. The number of amides is 2. The number of benzene rings is 2. The average molecular weight is 367 g/mol. The molecule has 27 heavy (non-hydrogen) atoms. The Hall–Kier alpha value is -3.22. The Balaban J connectivity index is 1.36. The molecule has 2 aliphatic rings. The number of nitrogens with zero attached hydrogens (tertiary/aromatic N) is 1. The lowest BCUT2D eigenvalue weighted by molar-refractivity contribution is -0.121. The van der Waals surface area contributed by atoms with E-state index in [2.05, 4.69) is 5.32 Å². The third kappa shape index (κ3) is 3.53. The first-order valence-electron chi connectivity index (χ1n) is 8.91. The second-order valence-electron chi connectivity index (χ2n) is 6.68. The zero-order valence-electron chi connectivity index (χ0n) is 14.8. The summed E-state index contributed by atoms with van der Waals surface area (Å²) in [5, 5.41) is 2.86. The van der Waals surface area contributed by atoms with Crippen LogP contribution in [-0.2, 0) is 16.0 Å². The van der Waals surface area contributed by atoms with Crippen molar-refractivity contribution < 1.29 is 19.1 Å². The Bertz CT molecular complexity index is 870. The van der Waals surface area contributed by atoms with Crippen molar-refractivity contribution >= 4 is 17.5 Å². The van der Waals surface area contributed by atoms with Gasteiger partial charge in [-0.2, -0.15) is 0 Å². The van der Waals surface area contributed by atoms with Gasteiger partial charge in [-0.1, -0.05) is 30.3 Å². The minimum Gasteiger partial charge on any atom is -0.486 e. The number of nitrogens with one attached hydrogen (secondary N) is 1. The first-order valence-corrected chi connectivity index (χ1v) is 8.91. The largest absolute Gasteiger partial charge is 0.486 e. The van der Waals surface area contributed by atoms with Crippen molar-refractivity contribution in [3.8, 4) is 11.5 Å². The van der Waals surface area contributed by atoms with Crippen LogP contribution in [0.3, 0.4) is 0 Å². The molecule has 2 aromatic rings. The third-order valence-corrected chi connectivity index (χ3v) is 4.83.